The van der Waals surface area contributed by atoms with Crippen LogP contribution in [0, 0.1) is 5.92 Å². The van der Waals surface area contributed by atoms with Crippen molar-refractivity contribution in [2.75, 3.05) is 24.5 Å². The molecule has 0 amide bonds. The van der Waals surface area contributed by atoms with Gasteiger partial charge < -0.3 is 15.3 Å². The smallest absolute Gasteiger partial charge is 0.0642 e. The summed E-state index contributed by atoms with van der Waals surface area (Å²) in [4.78, 5) is 2.31. The summed E-state index contributed by atoms with van der Waals surface area (Å²) in [6.07, 6.45) is 0.786. The van der Waals surface area contributed by atoms with Crippen LogP contribution in [0.15, 0.2) is 18.2 Å². The average molecular weight is 283 g/mol. The first-order valence-electron chi connectivity index (χ1n) is 7.04. The highest BCUT2D eigenvalue weighted by molar-refractivity contribution is 6.33. The molecule has 1 fully saturated rings. The number of rotatable bonds is 5. The number of nitrogens with zero attached hydrogens (tertiary/aromatic N) is 1. The molecule has 1 aliphatic heterocycles. The van der Waals surface area contributed by atoms with Crippen molar-refractivity contribution in [2.24, 2.45) is 5.92 Å². The molecule has 1 saturated heterocycles. The van der Waals surface area contributed by atoms with E-state index >= 15 is 0 Å². The third kappa shape index (κ3) is 3.41. The molecular formula is C15H23ClN2O. The van der Waals surface area contributed by atoms with E-state index in [-0.39, 0.29) is 6.10 Å². The van der Waals surface area contributed by atoms with Crippen molar-refractivity contribution in [3.05, 3.63) is 28.8 Å². The van der Waals surface area contributed by atoms with Gasteiger partial charge in [0.15, 0.2) is 0 Å². The van der Waals surface area contributed by atoms with Crippen molar-refractivity contribution in [3.8, 4) is 0 Å². The second-order valence-corrected chi connectivity index (χ2v) is 5.67. The molecule has 0 radical (unpaired) electrons. The lowest BCUT2D eigenvalue weighted by Gasteiger charge is -2.24. The summed E-state index contributed by atoms with van der Waals surface area (Å²) in [5.41, 5.74) is 2.37. The maximum atomic E-state index is 9.72. The third-order valence-corrected chi connectivity index (χ3v) is 4.16. The van der Waals surface area contributed by atoms with Crippen LogP contribution in [-0.2, 0) is 6.54 Å². The molecule has 2 atom stereocenters. The lowest BCUT2D eigenvalue weighted by molar-refractivity contribution is 0.136. The maximum absolute atomic E-state index is 9.72. The third-order valence-electron chi connectivity index (χ3n) is 3.86. The summed E-state index contributed by atoms with van der Waals surface area (Å²) in [5, 5.41) is 13.9. The second-order valence-electron chi connectivity index (χ2n) is 5.26. The Morgan fingerprint density at radius 1 is 1.53 bits per heavy atom. The van der Waals surface area contributed by atoms with Crippen LogP contribution in [0.25, 0.3) is 0 Å². The topological polar surface area (TPSA) is 35.5 Å². The Morgan fingerprint density at radius 3 is 2.95 bits per heavy atom. The Balaban J connectivity index is 2.19. The van der Waals surface area contributed by atoms with Crippen molar-refractivity contribution >= 4 is 17.3 Å². The number of hydrogen-bond donors (Lipinski definition) is 2. The molecule has 19 heavy (non-hydrogen) atoms. The fourth-order valence-corrected chi connectivity index (χ4v) is 3.01. The van der Waals surface area contributed by atoms with Crippen molar-refractivity contribution in [3.63, 3.8) is 0 Å². The lowest BCUT2D eigenvalue weighted by Crippen LogP contribution is -2.26. The van der Waals surface area contributed by atoms with Crippen molar-refractivity contribution in [1.82, 2.24) is 5.32 Å². The fraction of sp³-hybridized carbons (Fsp3) is 0.600. The predicted molar refractivity (Wildman–Crippen MR) is 80.8 cm³/mol. The number of nitrogens with one attached hydrogen (secondary N) is 1. The van der Waals surface area contributed by atoms with E-state index in [0.29, 0.717) is 5.92 Å². The SMILES string of the molecule is CCNCc1cccc(Cl)c1N1CCC(C(C)O)C1. The van der Waals surface area contributed by atoms with Gasteiger partial charge in [-0.15, -0.1) is 0 Å². The minimum atomic E-state index is -0.246. The number of halogens is 1. The summed E-state index contributed by atoms with van der Waals surface area (Å²) in [5.74, 6) is 0.350. The van der Waals surface area contributed by atoms with Crippen LogP contribution in [-0.4, -0.2) is 30.8 Å². The van der Waals surface area contributed by atoms with Gasteiger partial charge in [0.2, 0.25) is 0 Å². The summed E-state index contributed by atoms with van der Waals surface area (Å²) in [7, 11) is 0. The van der Waals surface area contributed by atoms with Gasteiger partial charge in [0.05, 0.1) is 16.8 Å². The Labute approximate surface area is 120 Å². The number of aliphatic hydroxyl groups excluding tert-OH is 1. The molecule has 1 aromatic carbocycles. The standard InChI is InChI=1S/C15H23ClN2O/c1-3-17-9-12-5-4-6-14(16)15(12)18-8-7-13(10-18)11(2)19/h4-6,11,13,17,19H,3,7-10H2,1-2H3. The zero-order chi connectivity index (χ0) is 13.8. The molecule has 2 rings (SSSR count). The monoisotopic (exact) mass is 282 g/mol. The molecule has 0 saturated carbocycles. The molecule has 1 heterocycles. The Kier molecular flexibility index (Phi) is 5.08. The van der Waals surface area contributed by atoms with E-state index in [9.17, 15) is 5.11 Å². The van der Waals surface area contributed by atoms with Gasteiger partial charge in [0.25, 0.3) is 0 Å². The van der Waals surface area contributed by atoms with Crippen molar-refractivity contribution in [1.29, 1.82) is 0 Å². The van der Waals surface area contributed by atoms with E-state index in [2.05, 4.69) is 23.2 Å². The normalized spacial score (nSPS) is 20.8. The first-order valence-corrected chi connectivity index (χ1v) is 7.42. The van der Waals surface area contributed by atoms with Crippen LogP contribution in [0.5, 0.6) is 0 Å². The molecule has 3 nitrogen and oxygen atoms in total. The maximum Gasteiger partial charge on any atom is 0.0642 e. The quantitative estimate of drug-likeness (QED) is 0.872. The van der Waals surface area contributed by atoms with Gasteiger partial charge in [-0.3, -0.25) is 0 Å². The number of benzene rings is 1. The zero-order valence-corrected chi connectivity index (χ0v) is 12.5. The summed E-state index contributed by atoms with van der Waals surface area (Å²) in [6, 6.07) is 6.07. The number of anilines is 1. The number of para-hydroxylation sites is 1. The van der Waals surface area contributed by atoms with Gasteiger partial charge in [-0.2, -0.15) is 0 Å². The van der Waals surface area contributed by atoms with Crippen LogP contribution in [0.4, 0.5) is 5.69 Å². The Bertz CT molecular complexity index is 423. The van der Waals surface area contributed by atoms with E-state index in [1.165, 1.54) is 5.56 Å². The zero-order valence-electron chi connectivity index (χ0n) is 11.7. The largest absolute Gasteiger partial charge is 0.393 e. The van der Waals surface area contributed by atoms with Crippen LogP contribution < -0.4 is 10.2 Å². The van der Waals surface area contributed by atoms with Crippen molar-refractivity contribution in [2.45, 2.75) is 32.9 Å². The Morgan fingerprint density at radius 2 is 2.32 bits per heavy atom. The molecule has 2 unspecified atom stereocenters. The summed E-state index contributed by atoms with van der Waals surface area (Å²) < 4.78 is 0. The molecule has 0 aliphatic carbocycles. The highest BCUT2D eigenvalue weighted by atomic mass is 35.5. The second kappa shape index (κ2) is 6.60. The fourth-order valence-electron chi connectivity index (χ4n) is 2.70. The summed E-state index contributed by atoms with van der Waals surface area (Å²) >= 11 is 6.38. The van der Waals surface area contributed by atoms with E-state index in [0.717, 1.165) is 43.3 Å². The molecule has 1 aromatic rings. The molecule has 106 valence electrons. The van der Waals surface area contributed by atoms with E-state index in [1.807, 2.05) is 19.1 Å². The summed E-state index contributed by atoms with van der Waals surface area (Å²) in [6.45, 7) is 7.62. The average Bonchev–Trinajstić information content (AvgIpc) is 2.85. The van der Waals surface area contributed by atoms with E-state index in [1.54, 1.807) is 0 Å². The first-order chi connectivity index (χ1) is 9.13. The number of aliphatic hydroxyl groups is 1. The Hall–Kier alpha value is -0.770. The molecule has 1 aliphatic rings. The number of hydrogen-bond acceptors (Lipinski definition) is 3. The van der Waals surface area contributed by atoms with Crippen LogP contribution >= 0.6 is 11.6 Å². The molecule has 4 heteroatoms. The molecule has 0 aromatic heterocycles. The molecule has 0 bridgehead atoms. The predicted octanol–water partition coefficient (Wildman–Crippen LogP) is 2.66. The van der Waals surface area contributed by atoms with Gasteiger partial charge in [-0.25, -0.2) is 0 Å². The van der Waals surface area contributed by atoms with Gasteiger partial charge in [0, 0.05) is 25.6 Å². The van der Waals surface area contributed by atoms with Crippen molar-refractivity contribution < 1.29 is 5.11 Å². The van der Waals surface area contributed by atoms with Gasteiger partial charge in [-0.05, 0) is 31.5 Å². The minimum absolute atomic E-state index is 0.246. The van der Waals surface area contributed by atoms with Gasteiger partial charge >= 0.3 is 0 Å². The highest BCUT2D eigenvalue weighted by Crippen LogP contribution is 2.34. The van der Waals surface area contributed by atoms with Crippen LogP contribution in [0.1, 0.15) is 25.8 Å². The lowest BCUT2D eigenvalue weighted by atomic mass is 10.0. The minimum Gasteiger partial charge on any atom is -0.393 e. The molecular weight excluding hydrogens is 260 g/mol. The van der Waals surface area contributed by atoms with Crippen LogP contribution in [0.2, 0.25) is 5.02 Å². The van der Waals surface area contributed by atoms with E-state index in [4.69, 9.17) is 11.6 Å². The van der Waals surface area contributed by atoms with E-state index < -0.39 is 0 Å². The molecule has 2 N–H and O–H groups in total. The van der Waals surface area contributed by atoms with Gasteiger partial charge in [0.1, 0.15) is 0 Å². The van der Waals surface area contributed by atoms with Crippen LogP contribution in [0.3, 0.4) is 0 Å². The first kappa shape index (κ1) is 14.6. The molecule has 0 spiro atoms. The van der Waals surface area contributed by atoms with Gasteiger partial charge in [-0.1, -0.05) is 30.7 Å². The highest BCUT2D eigenvalue weighted by Gasteiger charge is 2.28.